The van der Waals surface area contributed by atoms with E-state index in [1.807, 2.05) is 62.1 Å². The molecule has 2 aromatic heterocycles. The lowest BCUT2D eigenvalue weighted by molar-refractivity contribution is 0.0161. The number of hydrogen-bond donors (Lipinski definition) is 1. The number of rotatable bonds is 3. The molecule has 8 nitrogen and oxygen atoms in total. The number of aromatic nitrogens is 4. The predicted molar refractivity (Wildman–Crippen MR) is 130 cm³/mol. The largest absolute Gasteiger partial charge is 0.359 e. The van der Waals surface area contributed by atoms with E-state index in [9.17, 15) is 9.59 Å². The molecule has 174 valence electrons. The van der Waals surface area contributed by atoms with Crippen molar-refractivity contribution in [2.75, 3.05) is 19.6 Å². The van der Waals surface area contributed by atoms with Crippen molar-refractivity contribution in [1.29, 1.82) is 0 Å². The fourth-order valence-corrected chi connectivity index (χ4v) is 4.71. The molecule has 1 saturated heterocycles. The van der Waals surface area contributed by atoms with Gasteiger partial charge >= 0.3 is 0 Å². The Kier molecular flexibility index (Phi) is 5.40. The van der Waals surface area contributed by atoms with Crippen molar-refractivity contribution in [1.82, 2.24) is 29.5 Å². The van der Waals surface area contributed by atoms with Gasteiger partial charge in [0, 0.05) is 46.8 Å². The Hall–Kier alpha value is -3.65. The van der Waals surface area contributed by atoms with Crippen LogP contribution in [0.5, 0.6) is 0 Å². The number of benzene rings is 2. The van der Waals surface area contributed by atoms with Crippen LogP contribution in [0, 0.1) is 6.92 Å². The topological polar surface area (TPSA) is 87.1 Å². The molecule has 0 saturated carbocycles. The minimum Gasteiger partial charge on any atom is -0.359 e. The zero-order valence-corrected chi connectivity index (χ0v) is 20.0. The van der Waals surface area contributed by atoms with Crippen molar-refractivity contribution < 1.29 is 9.59 Å². The summed E-state index contributed by atoms with van der Waals surface area (Å²) < 4.78 is 1.53. The van der Waals surface area contributed by atoms with Gasteiger partial charge in [0.05, 0.1) is 11.2 Å². The molecule has 1 aliphatic rings. The summed E-state index contributed by atoms with van der Waals surface area (Å²) >= 11 is 6.07. The third-order valence-electron chi connectivity index (χ3n) is 6.19. The maximum atomic E-state index is 13.3. The van der Waals surface area contributed by atoms with Gasteiger partial charge in [-0.05, 0) is 63.2 Å². The molecule has 0 spiro atoms. The van der Waals surface area contributed by atoms with Crippen molar-refractivity contribution in [3.05, 3.63) is 77.0 Å². The zero-order valence-electron chi connectivity index (χ0n) is 19.2. The van der Waals surface area contributed by atoms with E-state index in [-0.39, 0.29) is 17.6 Å². The van der Waals surface area contributed by atoms with E-state index in [1.165, 1.54) is 11.0 Å². The van der Waals surface area contributed by atoms with E-state index >= 15 is 0 Å². The van der Waals surface area contributed by atoms with E-state index in [0.717, 1.165) is 22.3 Å². The van der Waals surface area contributed by atoms with Gasteiger partial charge < -0.3 is 14.8 Å². The number of nitrogens with one attached hydrogen (secondary N) is 1. The fourth-order valence-electron chi connectivity index (χ4n) is 4.52. The Labute approximate surface area is 202 Å². The molecule has 1 aliphatic heterocycles. The average Bonchev–Trinajstić information content (AvgIpc) is 3.43. The smallest absolute Gasteiger partial charge is 0.294 e. The molecule has 0 atom stereocenters. The lowest BCUT2D eigenvalue weighted by atomic mass is 9.97. The highest BCUT2D eigenvalue weighted by molar-refractivity contribution is 6.30. The molecule has 9 heteroatoms. The van der Waals surface area contributed by atoms with Gasteiger partial charge in [-0.2, -0.15) is 0 Å². The van der Waals surface area contributed by atoms with Gasteiger partial charge in [0.15, 0.2) is 0 Å². The van der Waals surface area contributed by atoms with Crippen LogP contribution in [0.2, 0.25) is 5.02 Å². The Morgan fingerprint density at radius 3 is 2.65 bits per heavy atom. The monoisotopic (exact) mass is 476 g/mol. The molecule has 4 aromatic rings. The van der Waals surface area contributed by atoms with Crippen LogP contribution >= 0.6 is 11.6 Å². The van der Waals surface area contributed by atoms with Crippen LogP contribution in [0.3, 0.4) is 0 Å². The number of nitrogens with zero attached hydrogens (tertiary/aromatic N) is 5. The number of fused-ring (bicyclic) bond motifs is 1. The second-order valence-corrected chi connectivity index (χ2v) is 9.68. The summed E-state index contributed by atoms with van der Waals surface area (Å²) in [6.45, 7) is 7.15. The number of aryl methyl sites for hydroxylation is 1. The summed E-state index contributed by atoms with van der Waals surface area (Å²) in [6.07, 6.45) is 1.50. The van der Waals surface area contributed by atoms with E-state index in [4.69, 9.17) is 11.6 Å². The first-order valence-corrected chi connectivity index (χ1v) is 11.5. The summed E-state index contributed by atoms with van der Waals surface area (Å²) in [5, 5.41) is 5.96. The standard InChI is InChI=1S/C25H25ClN6O2/c1-16-11-18-12-17(7-8-21(18)28-16)23(33)30-9-10-31(25(2,3)14-30)24(34)22-27-15-32(29-22)20-6-4-5-19(26)13-20/h4-8,11-13,15,28H,9-10,14H2,1-3H3. The molecule has 1 N–H and O–H groups in total. The SMILES string of the molecule is Cc1cc2cc(C(=O)N3CCN(C(=O)c4ncn(-c5cccc(Cl)c5)n4)C(C)(C)C3)ccc2[nH]1. The van der Waals surface area contributed by atoms with Crippen LogP contribution in [0.15, 0.2) is 54.9 Å². The number of carbonyl (C=O) groups excluding carboxylic acids is 2. The molecular formula is C25H25ClN6O2. The van der Waals surface area contributed by atoms with Gasteiger partial charge in [-0.15, -0.1) is 5.10 Å². The molecule has 2 aromatic carbocycles. The van der Waals surface area contributed by atoms with Crippen molar-refractivity contribution >= 4 is 34.3 Å². The van der Waals surface area contributed by atoms with Gasteiger partial charge in [0.25, 0.3) is 11.8 Å². The highest BCUT2D eigenvalue weighted by atomic mass is 35.5. The highest BCUT2D eigenvalue weighted by Crippen LogP contribution is 2.25. The minimum absolute atomic E-state index is 0.0377. The highest BCUT2D eigenvalue weighted by Gasteiger charge is 2.40. The van der Waals surface area contributed by atoms with Crippen LogP contribution in [-0.4, -0.2) is 66.5 Å². The predicted octanol–water partition coefficient (Wildman–Crippen LogP) is 4.09. The van der Waals surface area contributed by atoms with Crippen molar-refractivity contribution in [2.24, 2.45) is 0 Å². The number of carbonyl (C=O) groups is 2. The van der Waals surface area contributed by atoms with E-state index in [1.54, 1.807) is 17.0 Å². The maximum absolute atomic E-state index is 13.3. The van der Waals surface area contributed by atoms with E-state index < -0.39 is 5.54 Å². The minimum atomic E-state index is -0.582. The number of piperazine rings is 1. The second kappa shape index (κ2) is 8.29. The molecular weight excluding hydrogens is 452 g/mol. The molecule has 0 aliphatic carbocycles. The second-order valence-electron chi connectivity index (χ2n) is 9.24. The first kappa shape index (κ1) is 22.2. The molecule has 3 heterocycles. The number of halogens is 1. The van der Waals surface area contributed by atoms with E-state index in [2.05, 4.69) is 15.1 Å². The molecule has 0 bridgehead atoms. The van der Waals surface area contributed by atoms with Gasteiger partial charge in [-0.1, -0.05) is 17.7 Å². The van der Waals surface area contributed by atoms with Crippen LogP contribution in [0.1, 0.15) is 40.5 Å². The van der Waals surface area contributed by atoms with Crippen molar-refractivity contribution in [3.8, 4) is 5.69 Å². The van der Waals surface area contributed by atoms with Crippen LogP contribution in [0.4, 0.5) is 0 Å². The van der Waals surface area contributed by atoms with Crippen molar-refractivity contribution in [3.63, 3.8) is 0 Å². The van der Waals surface area contributed by atoms with Gasteiger partial charge in [-0.25, -0.2) is 9.67 Å². The Morgan fingerprint density at radius 1 is 1.06 bits per heavy atom. The van der Waals surface area contributed by atoms with Crippen LogP contribution < -0.4 is 0 Å². The summed E-state index contributed by atoms with van der Waals surface area (Å²) in [5.74, 6) is -0.188. The van der Waals surface area contributed by atoms with Gasteiger partial charge in [-0.3, -0.25) is 9.59 Å². The molecule has 1 fully saturated rings. The molecule has 0 radical (unpaired) electrons. The maximum Gasteiger partial charge on any atom is 0.294 e. The Bertz CT molecular complexity index is 1410. The molecule has 0 unspecified atom stereocenters. The fraction of sp³-hybridized carbons (Fsp3) is 0.280. The summed E-state index contributed by atoms with van der Waals surface area (Å²) in [7, 11) is 0. The number of H-pyrrole nitrogens is 1. The van der Waals surface area contributed by atoms with Crippen molar-refractivity contribution in [2.45, 2.75) is 26.3 Å². The third kappa shape index (κ3) is 4.05. The third-order valence-corrected chi connectivity index (χ3v) is 6.43. The summed E-state index contributed by atoms with van der Waals surface area (Å²) in [5.41, 5.74) is 2.85. The summed E-state index contributed by atoms with van der Waals surface area (Å²) in [4.78, 5) is 37.6. The normalized spacial score (nSPS) is 15.6. The van der Waals surface area contributed by atoms with Gasteiger partial charge in [0.2, 0.25) is 5.82 Å². The van der Waals surface area contributed by atoms with Crippen LogP contribution in [-0.2, 0) is 0 Å². The molecule has 34 heavy (non-hydrogen) atoms. The summed E-state index contributed by atoms with van der Waals surface area (Å²) in [6, 6.07) is 14.9. The first-order chi connectivity index (χ1) is 16.2. The Morgan fingerprint density at radius 2 is 1.88 bits per heavy atom. The molecule has 2 amide bonds. The molecule has 5 rings (SSSR count). The lowest BCUT2D eigenvalue weighted by Crippen LogP contribution is -2.62. The first-order valence-electron chi connectivity index (χ1n) is 11.1. The van der Waals surface area contributed by atoms with Crippen LogP contribution in [0.25, 0.3) is 16.6 Å². The van der Waals surface area contributed by atoms with Gasteiger partial charge in [0.1, 0.15) is 6.33 Å². The quantitative estimate of drug-likeness (QED) is 0.482. The average molecular weight is 477 g/mol. The number of amides is 2. The number of aromatic amines is 1. The Balaban J connectivity index is 1.32. The zero-order chi connectivity index (χ0) is 24.0. The van der Waals surface area contributed by atoms with E-state index in [0.29, 0.717) is 30.2 Å². The lowest BCUT2D eigenvalue weighted by Gasteiger charge is -2.46. The number of hydrogen-bond acceptors (Lipinski definition) is 4.